The van der Waals surface area contributed by atoms with Crippen LogP contribution in [0.25, 0.3) is 122 Å². The molecule has 0 atom stereocenters. The van der Waals surface area contributed by atoms with E-state index in [1.807, 2.05) is 103 Å². The smallest absolute Gasteiger partial charge is 0.358 e. The number of para-hydroxylation sites is 4. The van der Waals surface area contributed by atoms with Gasteiger partial charge in [0.2, 0.25) is 0 Å². The SMILES string of the molecule is C.CN[N]=[Pt].Cc1ccnc(-n2c3[c-]c(-n4c5[c-]c(-n6cccn6)ccc5c5ccccc54)ccc3c3ccccc32)c1.Cc1ccnc(-n2c3ccccc3c3ccc(-n4c5ccccc5c5ccc(-n6cccn6)cc54)cc32)c1.Cc1ccnc(Br)c1.[Pt+2]. The average molecular weight is 1600 g/mol. The maximum atomic E-state index is 4.76. The zero-order valence-corrected chi connectivity index (χ0v) is 54.7. The quantitative estimate of drug-likeness (QED) is 0.0965. The van der Waals surface area contributed by atoms with Gasteiger partial charge in [0, 0.05) is 81.6 Å². The van der Waals surface area contributed by atoms with Crippen molar-refractivity contribution >= 4 is 103 Å². The number of halogens is 1. The minimum Gasteiger partial charge on any atom is -0.358 e. The van der Waals surface area contributed by atoms with Crippen molar-refractivity contribution in [2.24, 2.45) is 3.60 Å². The van der Waals surface area contributed by atoms with Crippen molar-refractivity contribution in [1.29, 1.82) is 0 Å². The molecule has 9 aromatic heterocycles. The van der Waals surface area contributed by atoms with Crippen molar-refractivity contribution in [3.05, 3.63) is 283 Å². The number of nitrogens with zero attached hydrogens (tertiary/aromatic N) is 12. The summed E-state index contributed by atoms with van der Waals surface area (Å²) in [4.78, 5) is 13.5. The summed E-state index contributed by atoms with van der Waals surface area (Å²) in [6.07, 6.45) is 13.1. The second kappa shape index (κ2) is 26.3. The van der Waals surface area contributed by atoms with Gasteiger partial charge in [0.1, 0.15) is 16.2 Å². The fourth-order valence-electron chi connectivity index (χ4n) is 11.9. The summed E-state index contributed by atoms with van der Waals surface area (Å²) in [5, 5.41) is 18.4. The van der Waals surface area contributed by atoms with Gasteiger partial charge in [-0.2, -0.15) is 22.3 Å². The summed E-state index contributed by atoms with van der Waals surface area (Å²) >= 11 is 5.10. The number of hydrogen-bond acceptors (Lipinski definition) is 7. The molecule has 0 aliphatic heterocycles. The summed E-state index contributed by atoms with van der Waals surface area (Å²) < 4.78 is 17.2. The molecule has 16 heteroatoms. The van der Waals surface area contributed by atoms with E-state index >= 15 is 0 Å². The van der Waals surface area contributed by atoms with Crippen LogP contribution >= 0.6 is 15.9 Å². The molecule has 0 aliphatic rings. The molecule has 90 heavy (non-hydrogen) atoms. The van der Waals surface area contributed by atoms with Gasteiger partial charge in [0.05, 0.1) is 27.8 Å². The molecule has 17 rings (SSSR count). The Bertz CT molecular complexity index is 5100. The first kappa shape index (κ1) is 60.7. The van der Waals surface area contributed by atoms with E-state index in [0.29, 0.717) is 0 Å². The molecule has 8 aromatic carbocycles. The Hall–Kier alpha value is -9.55. The van der Waals surface area contributed by atoms with Gasteiger partial charge in [-0.15, -0.1) is 35.0 Å². The number of aryl methyl sites for hydroxylation is 3. The summed E-state index contributed by atoms with van der Waals surface area (Å²) in [5.74, 6) is 1.82. The number of pyridine rings is 3. The van der Waals surface area contributed by atoms with Crippen molar-refractivity contribution in [3.8, 4) is 34.4 Å². The van der Waals surface area contributed by atoms with Crippen LogP contribution in [0.5, 0.6) is 0 Å². The first-order valence-electron chi connectivity index (χ1n) is 28.6. The van der Waals surface area contributed by atoms with E-state index in [0.717, 1.165) is 88.4 Å². The molecule has 446 valence electrons. The average Bonchev–Trinajstić information content (AvgIpc) is 1.73. The summed E-state index contributed by atoms with van der Waals surface area (Å²) in [7, 11) is 1.76. The molecule has 0 radical (unpaired) electrons. The minimum absolute atomic E-state index is 0. The molecular formula is C74H58BrN13Pt2. The summed E-state index contributed by atoms with van der Waals surface area (Å²) in [5.41, 5.74) is 18.9. The van der Waals surface area contributed by atoms with Crippen LogP contribution in [0.4, 0.5) is 0 Å². The van der Waals surface area contributed by atoms with Crippen LogP contribution in [-0.2, 0) is 40.7 Å². The number of fused-ring (bicyclic) bond motifs is 12. The van der Waals surface area contributed by atoms with E-state index < -0.39 is 0 Å². The van der Waals surface area contributed by atoms with Gasteiger partial charge in [-0.25, -0.2) is 19.6 Å². The molecule has 1 N–H and O–H groups in total. The maximum Gasteiger partial charge on any atom is 2.00 e. The van der Waals surface area contributed by atoms with Crippen LogP contribution in [0.1, 0.15) is 24.1 Å². The van der Waals surface area contributed by atoms with E-state index in [1.54, 1.807) is 19.4 Å². The molecule has 0 saturated carbocycles. The first-order chi connectivity index (χ1) is 43.2. The third kappa shape index (κ3) is 11.4. The Balaban J connectivity index is 0.000000145. The number of nitrogens with one attached hydrogen (secondary N) is 1. The van der Waals surface area contributed by atoms with Crippen molar-refractivity contribution in [2.75, 3.05) is 7.05 Å². The Morgan fingerprint density at radius 1 is 0.400 bits per heavy atom. The second-order valence-electron chi connectivity index (χ2n) is 21.3. The summed E-state index contributed by atoms with van der Waals surface area (Å²) in [6.45, 7) is 6.24. The molecule has 0 unspecified atom stereocenters. The van der Waals surface area contributed by atoms with E-state index in [1.165, 1.54) is 54.5 Å². The third-order valence-corrected chi connectivity index (χ3v) is 16.6. The Kier molecular flexibility index (Phi) is 17.7. The largest absolute Gasteiger partial charge is 2.00 e. The van der Waals surface area contributed by atoms with E-state index in [9.17, 15) is 0 Å². The van der Waals surface area contributed by atoms with Crippen molar-refractivity contribution in [1.82, 2.24) is 58.2 Å². The fourth-order valence-corrected chi connectivity index (χ4v) is 12.3. The molecule has 0 aliphatic carbocycles. The van der Waals surface area contributed by atoms with Crippen molar-refractivity contribution in [3.63, 3.8) is 0 Å². The standard InChI is InChI=1S/C33H23N5.C33H21N5.C6H6BrN.CH4N2.CH4.2Pt/c2*1-22-15-17-34-33(19-22)38-30-10-5-3-8-26(30)28-14-12-24(21-32(28)38)37-29-9-4-2-7-25(29)27-13-11-23(20-31(27)37)36-18-6-16-35-36;1-5-2-3-8-6(7)4-5;1-3-2;;;/h2-21H,1H3;2-19H,1H3;2-4H,1H3;3H,1H3;1H4;;/q;-2;;;;;+2. The number of rotatable bonds is 7. The van der Waals surface area contributed by atoms with Gasteiger partial charge < -0.3 is 13.7 Å². The fraction of sp³-hybridized carbons (Fsp3) is 0.0676. The molecule has 0 bridgehead atoms. The molecule has 9 heterocycles. The van der Waals surface area contributed by atoms with E-state index in [-0.39, 0.29) is 28.5 Å². The van der Waals surface area contributed by atoms with Gasteiger partial charge in [0.25, 0.3) is 0 Å². The molecule has 0 fully saturated rings. The monoisotopic (exact) mass is 1600 g/mol. The van der Waals surface area contributed by atoms with Crippen LogP contribution in [0, 0.1) is 32.9 Å². The predicted molar refractivity (Wildman–Crippen MR) is 362 cm³/mol. The van der Waals surface area contributed by atoms with Crippen molar-refractivity contribution in [2.45, 2.75) is 28.2 Å². The Labute approximate surface area is 554 Å². The molecule has 0 saturated heterocycles. The van der Waals surface area contributed by atoms with Crippen LogP contribution in [0.2, 0.25) is 0 Å². The zero-order valence-electron chi connectivity index (χ0n) is 48.5. The Morgan fingerprint density at radius 3 is 1.33 bits per heavy atom. The first-order valence-corrected chi connectivity index (χ1v) is 30.4. The number of aromatic nitrogens is 11. The maximum absolute atomic E-state index is 4.76. The molecule has 13 nitrogen and oxygen atoms in total. The zero-order chi connectivity index (χ0) is 59.8. The second-order valence-corrected chi connectivity index (χ2v) is 22.6. The number of hydrogen-bond donors (Lipinski definition) is 1. The van der Waals surface area contributed by atoms with Gasteiger partial charge in [-0.3, -0.25) is 9.25 Å². The van der Waals surface area contributed by atoms with Gasteiger partial charge in [-0.05, 0) is 167 Å². The summed E-state index contributed by atoms with van der Waals surface area (Å²) in [6, 6.07) is 79.7. The van der Waals surface area contributed by atoms with Crippen LogP contribution < -0.4 is 5.43 Å². The van der Waals surface area contributed by atoms with Crippen LogP contribution in [0.3, 0.4) is 0 Å². The van der Waals surface area contributed by atoms with E-state index in [2.05, 4.69) is 254 Å². The third-order valence-electron chi connectivity index (χ3n) is 15.7. The molecular weight excluding hydrogens is 1540 g/mol. The molecule has 0 amide bonds. The topological polar surface area (TPSA) is 118 Å². The normalized spacial score (nSPS) is 11.1. The molecule has 0 spiro atoms. The minimum atomic E-state index is 0. The van der Waals surface area contributed by atoms with Gasteiger partial charge in [-0.1, -0.05) is 109 Å². The van der Waals surface area contributed by atoms with Crippen LogP contribution in [0.15, 0.2) is 258 Å². The van der Waals surface area contributed by atoms with Crippen LogP contribution in [-0.4, -0.2) is 59.8 Å². The Morgan fingerprint density at radius 2 is 0.811 bits per heavy atom. The van der Waals surface area contributed by atoms with E-state index in [4.69, 9.17) is 9.97 Å². The number of benzene rings is 8. The van der Waals surface area contributed by atoms with Gasteiger partial charge in [0.15, 0.2) is 0 Å². The predicted octanol–water partition coefficient (Wildman–Crippen LogP) is 17.8. The van der Waals surface area contributed by atoms with Gasteiger partial charge >= 0.3 is 56.8 Å². The molecule has 17 aromatic rings. The van der Waals surface area contributed by atoms with Crippen molar-refractivity contribution < 1.29 is 40.7 Å².